The summed E-state index contributed by atoms with van der Waals surface area (Å²) in [4.78, 5) is 22.7. The molecule has 4 rings (SSSR count). The maximum atomic E-state index is 12.1. The first-order valence-electron chi connectivity index (χ1n) is 9.07. The molecule has 0 bridgehead atoms. The summed E-state index contributed by atoms with van der Waals surface area (Å²) >= 11 is 1.75. The Morgan fingerprint density at radius 3 is 2.54 bits per heavy atom. The van der Waals surface area contributed by atoms with Crippen LogP contribution < -0.4 is 0 Å². The molecule has 0 spiro atoms. The van der Waals surface area contributed by atoms with Crippen LogP contribution in [-0.4, -0.2) is 58.6 Å². The summed E-state index contributed by atoms with van der Waals surface area (Å²) in [6, 6.07) is 0. The highest BCUT2D eigenvalue weighted by Crippen LogP contribution is 2.44. The highest BCUT2D eigenvalue weighted by Gasteiger charge is 2.57. The Morgan fingerprint density at radius 2 is 2.00 bits per heavy atom. The van der Waals surface area contributed by atoms with Gasteiger partial charge in [0.2, 0.25) is 0 Å². The standard InChI is InChI=1S/C18H27N3O2S/c1-12-16(24-13(2)19-12)9-21-8-15-7-20(6-14-4-3-5-14)10-18(15,11-21)17(22)23/h14-15H,3-11H2,1-2H3,(H,22,23)/t15-,18-/m1/s1. The Balaban J connectivity index is 1.44. The molecule has 2 aliphatic heterocycles. The third kappa shape index (κ3) is 2.78. The van der Waals surface area contributed by atoms with Gasteiger partial charge >= 0.3 is 5.97 Å². The van der Waals surface area contributed by atoms with Crippen LogP contribution >= 0.6 is 11.3 Å². The number of rotatable bonds is 5. The molecule has 5 nitrogen and oxygen atoms in total. The lowest BCUT2D eigenvalue weighted by atomic mass is 9.81. The Labute approximate surface area is 147 Å². The molecule has 2 atom stereocenters. The van der Waals surface area contributed by atoms with E-state index >= 15 is 0 Å². The topological polar surface area (TPSA) is 56.7 Å². The molecule has 0 amide bonds. The molecule has 1 N–H and O–H groups in total. The average molecular weight is 350 g/mol. The minimum Gasteiger partial charge on any atom is -0.481 e. The van der Waals surface area contributed by atoms with E-state index in [2.05, 4.69) is 21.7 Å². The number of fused-ring (bicyclic) bond motifs is 1. The molecular formula is C18H27N3O2S. The second-order valence-electron chi connectivity index (χ2n) is 8.06. The Morgan fingerprint density at radius 1 is 1.29 bits per heavy atom. The largest absolute Gasteiger partial charge is 0.481 e. The minimum absolute atomic E-state index is 0.268. The maximum absolute atomic E-state index is 12.1. The molecule has 3 aliphatic rings. The van der Waals surface area contributed by atoms with Crippen LogP contribution in [0, 0.1) is 31.1 Å². The molecule has 3 heterocycles. The van der Waals surface area contributed by atoms with Crippen LogP contribution in [0.3, 0.4) is 0 Å². The molecule has 0 radical (unpaired) electrons. The normalized spacial score (nSPS) is 31.3. The van der Waals surface area contributed by atoms with E-state index in [9.17, 15) is 9.90 Å². The average Bonchev–Trinajstić information content (AvgIpc) is 3.06. The van der Waals surface area contributed by atoms with Crippen molar-refractivity contribution in [2.24, 2.45) is 17.3 Å². The minimum atomic E-state index is -0.594. The van der Waals surface area contributed by atoms with Crippen molar-refractivity contribution in [1.29, 1.82) is 0 Å². The van der Waals surface area contributed by atoms with Crippen LogP contribution in [0.4, 0.5) is 0 Å². The van der Waals surface area contributed by atoms with Crippen LogP contribution in [0.25, 0.3) is 0 Å². The summed E-state index contributed by atoms with van der Waals surface area (Å²) < 4.78 is 0. The highest BCUT2D eigenvalue weighted by molar-refractivity contribution is 7.11. The zero-order valence-corrected chi connectivity index (χ0v) is 15.4. The van der Waals surface area contributed by atoms with Gasteiger partial charge in [0.1, 0.15) is 0 Å². The summed E-state index contributed by atoms with van der Waals surface area (Å²) in [6.45, 7) is 9.35. The number of nitrogens with zero attached hydrogens (tertiary/aromatic N) is 3. The second-order valence-corrected chi connectivity index (χ2v) is 9.35. The van der Waals surface area contributed by atoms with Gasteiger partial charge in [0.05, 0.1) is 16.1 Å². The van der Waals surface area contributed by atoms with Gasteiger partial charge in [-0.2, -0.15) is 0 Å². The SMILES string of the molecule is Cc1nc(C)c(CN2C[C@H]3CN(CC4CCC4)C[C@@]3(C(=O)O)C2)s1. The summed E-state index contributed by atoms with van der Waals surface area (Å²) in [6.07, 6.45) is 4.02. The fourth-order valence-electron chi connectivity index (χ4n) is 4.80. The van der Waals surface area contributed by atoms with Crippen LogP contribution in [0.15, 0.2) is 0 Å². The molecule has 132 valence electrons. The van der Waals surface area contributed by atoms with Gasteiger partial charge in [0, 0.05) is 50.1 Å². The summed E-state index contributed by atoms with van der Waals surface area (Å²) in [5.41, 5.74) is 0.544. The smallest absolute Gasteiger partial charge is 0.312 e. The molecular weight excluding hydrogens is 322 g/mol. The fraction of sp³-hybridized carbons (Fsp3) is 0.778. The van der Waals surface area contributed by atoms with E-state index in [0.717, 1.165) is 49.3 Å². The molecule has 1 aliphatic carbocycles. The van der Waals surface area contributed by atoms with E-state index in [1.165, 1.54) is 24.1 Å². The van der Waals surface area contributed by atoms with Crippen LogP contribution in [-0.2, 0) is 11.3 Å². The van der Waals surface area contributed by atoms with Crippen molar-refractivity contribution < 1.29 is 9.90 Å². The first-order valence-corrected chi connectivity index (χ1v) is 9.89. The van der Waals surface area contributed by atoms with Crippen molar-refractivity contribution >= 4 is 17.3 Å². The molecule has 0 unspecified atom stereocenters. The highest BCUT2D eigenvalue weighted by atomic mass is 32.1. The van der Waals surface area contributed by atoms with Gasteiger partial charge in [-0.3, -0.25) is 9.69 Å². The summed E-state index contributed by atoms with van der Waals surface area (Å²) in [7, 11) is 0. The number of aryl methyl sites for hydroxylation is 2. The third-order valence-electron chi connectivity index (χ3n) is 6.28. The zero-order valence-electron chi connectivity index (χ0n) is 14.6. The van der Waals surface area contributed by atoms with Gasteiger partial charge < -0.3 is 10.0 Å². The number of hydrogen-bond donors (Lipinski definition) is 1. The van der Waals surface area contributed by atoms with E-state index < -0.39 is 11.4 Å². The zero-order chi connectivity index (χ0) is 16.9. The molecule has 0 aromatic carbocycles. The van der Waals surface area contributed by atoms with Crippen LogP contribution in [0.2, 0.25) is 0 Å². The quantitative estimate of drug-likeness (QED) is 0.884. The first kappa shape index (κ1) is 16.5. The monoisotopic (exact) mass is 349 g/mol. The van der Waals surface area contributed by atoms with Crippen LogP contribution in [0.5, 0.6) is 0 Å². The second kappa shape index (κ2) is 6.07. The van der Waals surface area contributed by atoms with Crippen molar-refractivity contribution in [1.82, 2.24) is 14.8 Å². The number of carboxylic acid groups (broad SMARTS) is 1. The molecule has 1 aromatic heterocycles. The lowest BCUT2D eigenvalue weighted by molar-refractivity contribution is -0.149. The Kier molecular flexibility index (Phi) is 4.17. The third-order valence-corrected chi connectivity index (χ3v) is 7.34. The van der Waals surface area contributed by atoms with E-state index in [1.54, 1.807) is 11.3 Å². The van der Waals surface area contributed by atoms with E-state index in [4.69, 9.17) is 0 Å². The molecule has 6 heteroatoms. The fourth-order valence-corrected chi connectivity index (χ4v) is 5.78. The van der Waals surface area contributed by atoms with E-state index in [0.29, 0.717) is 6.54 Å². The predicted molar refractivity (Wildman–Crippen MR) is 94.2 cm³/mol. The summed E-state index contributed by atoms with van der Waals surface area (Å²) in [5, 5.41) is 11.1. The number of aliphatic carboxylic acids is 1. The van der Waals surface area contributed by atoms with Crippen molar-refractivity contribution in [2.45, 2.75) is 39.7 Å². The van der Waals surface area contributed by atoms with Gasteiger partial charge in [0.25, 0.3) is 0 Å². The molecule has 3 fully saturated rings. The van der Waals surface area contributed by atoms with Gasteiger partial charge in [-0.05, 0) is 32.6 Å². The number of carboxylic acids is 1. The number of carbonyl (C=O) groups is 1. The molecule has 1 aromatic rings. The van der Waals surface area contributed by atoms with Crippen molar-refractivity contribution in [3.8, 4) is 0 Å². The molecule has 24 heavy (non-hydrogen) atoms. The number of hydrogen-bond acceptors (Lipinski definition) is 5. The van der Waals surface area contributed by atoms with Gasteiger partial charge in [-0.25, -0.2) is 4.98 Å². The number of likely N-dealkylation sites (tertiary alicyclic amines) is 2. The number of aromatic nitrogens is 1. The van der Waals surface area contributed by atoms with Crippen molar-refractivity contribution in [3.63, 3.8) is 0 Å². The van der Waals surface area contributed by atoms with Crippen molar-refractivity contribution in [2.75, 3.05) is 32.7 Å². The predicted octanol–water partition coefficient (Wildman–Crippen LogP) is 2.38. The van der Waals surface area contributed by atoms with E-state index in [1.807, 2.05) is 6.92 Å². The summed E-state index contributed by atoms with van der Waals surface area (Å²) in [5.74, 6) is 0.487. The van der Waals surface area contributed by atoms with E-state index in [-0.39, 0.29) is 5.92 Å². The lowest BCUT2D eigenvalue weighted by Gasteiger charge is -2.31. The van der Waals surface area contributed by atoms with Crippen LogP contribution in [0.1, 0.15) is 34.8 Å². The Hall–Kier alpha value is -0.980. The van der Waals surface area contributed by atoms with Gasteiger partial charge in [-0.15, -0.1) is 11.3 Å². The van der Waals surface area contributed by atoms with Crippen molar-refractivity contribution in [3.05, 3.63) is 15.6 Å². The lowest BCUT2D eigenvalue weighted by Crippen LogP contribution is -2.41. The molecule has 1 saturated carbocycles. The number of thiazole rings is 1. The Bertz CT molecular complexity index is 642. The first-order chi connectivity index (χ1) is 11.5. The van der Waals surface area contributed by atoms with Gasteiger partial charge in [-0.1, -0.05) is 6.42 Å². The maximum Gasteiger partial charge on any atom is 0.312 e. The van der Waals surface area contributed by atoms with Gasteiger partial charge in [0.15, 0.2) is 0 Å². The molecule has 2 saturated heterocycles.